The number of rotatable bonds is 5. The van der Waals surface area contributed by atoms with Gasteiger partial charge in [-0.3, -0.25) is 4.79 Å². The van der Waals surface area contributed by atoms with Crippen molar-refractivity contribution in [1.82, 2.24) is 5.32 Å². The Hall–Kier alpha value is -1.33. The second-order valence-electron chi connectivity index (χ2n) is 4.67. The van der Waals surface area contributed by atoms with Crippen LogP contribution < -0.4 is 19.5 Å². The van der Waals surface area contributed by atoms with Crippen molar-refractivity contribution >= 4 is 29.1 Å². The molecule has 20 heavy (non-hydrogen) atoms. The number of halogens is 2. The number of ether oxygens (including phenoxy) is 3. The molecule has 1 heterocycles. The van der Waals surface area contributed by atoms with Crippen molar-refractivity contribution in [2.45, 2.75) is 10.8 Å². The molecule has 5 nitrogen and oxygen atoms in total. The van der Waals surface area contributed by atoms with Crippen LogP contribution in [-0.2, 0) is 4.79 Å². The highest BCUT2D eigenvalue weighted by Gasteiger charge is 2.56. The van der Waals surface area contributed by atoms with E-state index >= 15 is 0 Å². The second kappa shape index (κ2) is 5.22. The van der Waals surface area contributed by atoms with E-state index in [0.29, 0.717) is 36.8 Å². The molecule has 1 aliphatic heterocycles. The summed E-state index contributed by atoms with van der Waals surface area (Å²) in [7, 11) is 0. The molecular weight excluding hydrogens is 305 g/mol. The lowest BCUT2D eigenvalue weighted by molar-refractivity contribution is -0.122. The fraction of sp³-hybridized carbons (Fsp3) is 0.462. The number of alkyl halides is 2. The Bertz CT molecular complexity index is 535. The fourth-order valence-electron chi connectivity index (χ4n) is 1.93. The predicted octanol–water partition coefficient (Wildman–Crippen LogP) is 2.10. The van der Waals surface area contributed by atoms with Gasteiger partial charge in [-0.1, -0.05) is 0 Å². The Labute approximate surface area is 126 Å². The molecule has 3 rings (SSSR count). The van der Waals surface area contributed by atoms with E-state index in [2.05, 4.69) is 5.32 Å². The zero-order valence-electron chi connectivity index (χ0n) is 10.5. The molecule has 1 N–H and O–H groups in total. The maximum atomic E-state index is 11.6. The van der Waals surface area contributed by atoms with Gasteiger partial charge in [-0.25, -0.2) is 0 Å². The van der Waals surface area contributed by atoms with Crippen molar-refractivity contribution in [3.05, 3.63) is 18.2 Å². The lowest BCUT2D eigenvalue weighted by Gasteiger charge is -2.08. The molecule has 1 aliphatic carbocycles. The molecule has 0 aromatic heterocycles. The van der Waals surface area contributed by atoms with E-state index in [0.717, 1.165) is 0 Å². The van der Waals surface area contributed by atoms with E-state index in [1.54, 1.807) is 18.2 Å². The minimum Gasteiger partial charge on any atom is -0.492 e. The third-order valence-corrected chi connectivity index (χ3v) is 3.99. The van der Waals surface area contributed by atoms with Gasteiger partial charge in [-0.05, 0) is 18.6 Å². The van der Waals surface area contributed by atoms with Crippen LogP contribution in [0.4, 0.5) is 0 Å². The summed E-state index contributed by atoms with van der Waals surface area (Å²) in [6, 6.07) is 5.34. The first-order chi connectivity index (χ1) is 9.56. The van der Waals surface area contributed by atoms with Gasteiger partial charge in [0.15, 0.2) is 11.5 Å². The summed E-state index contributed by atoms with van der Waals surface area (Å²) in [6.45, 7) is 0.984. The number of carbonyl (C=O) groups is 1. The largest absolute Gasteiger partial charge is 0.492 e. The van der Waals surface area contributed by atoms with E-state index in [1.165, 1.54) is 0 Å². The predicted molar refractivity (Wildman–Crippen MR) is 73.6 cm³/mol. The SMILES string of the molecule is O=C(NCCOc1ccc2c(c1)OCO2)C1CC1(Cl)Cl. The molecule has 0 radical (unpaired) electrons. The Morgan fingerprint density at radius 3 is 2.90 bits per heavy atom. The van der Waals surface area contributed by atoms with Crippen molar-refractivity contribution in [3.63, 3.8) is 0 Å². The van der Waals surface area contributed by atoms with Gasteiger partial charge in [0.05, 0.1) is 12.5 Å². The molecule has 1 unspecified atom stereocenters. The van der Waals surface area contributed by atoms with Crippen molar-refractivity contribution in [2.75, 3.05) is 19.9 Å². The molecule has 0 bridgehead atoms. The van der Waals surface area contributed by atoms with Crippen LogP contribution in [0.3, 0.4) is 0 Å². The zero-order chi connectivity index (χ0) is 14.2. The van der Waals surface area contributed by atoms with Gasteiger partial charge in [-0.15, -0.1) is 23.2 Å². The van der Waals surface area contributed by atoms with Crippen molar-refractivity contribution in [3.8, 4) is 17.2 Å². The van der Waals surface area contributed by atoms with Crippen LogP contribution in [-0.4, -0.2) is 30.2 Å². The van der Waals surface area contributed by atoms with Crippen LogP contribution in [0.2, 0.25) is 0 Å². The van der Waals surface area contributed by atoms with Crippen LogP contribution in [0.5, 0.6) is 17.2 Å². The summed E-state index contributed by atoms with van der Waals surface area (Å²) in [4.78, 5) is 11.6. The highest BCUT2D eigenvalue weighted by molar-refractivity contribution is 6.52. The van der Waals surface area contributed by atoms with E-state index in [1.807, 2.05) is 0 Å². The van der Waals surface area contributed by atoms with Crippen LogP contribution in [0.1, 0.15) is 6.42 Å². The van der Waals surface area contributed by atoms with E-state index in [4.69, 9.17) is 37.4 Å². The average Bonchev–Trinajstić information content (AvgIpc) is 2.86. The van der Waals surface area contributed by atoms with Gasteiger partial charge >= 0.3 is 0 Å². The summed E-state index contributed by atoms with van der Waals surface area (Å²) < 4.78 is 15.1. The molecule has 1 amide bonds. The molecule has 1 aromatic rings. The molecule has 1 fully saturated rings. The van der Waals surface area contributed by atoms with Crippen molar-refractivity contribution in [1.29, 1.82) is 0 Å². The molecular formula is C13H13Cl2NO4. The first-order valence-electron chi connectivity index (χ1n) is 6.24. The van der Waals surface area contributed by atoms with Crippen LogP contribution in [0.25, 0.3) is 0 Å². The number of fused-ring (bicyclic) bond motifs is 1. The third kappa shape index (κ3) is 2.88. The highest BCUT2D eigenvalue weighted by atomic mass is 35.5. The number of hydrogen-bond acceptors (Lipinski definition) is 4. The number of amides is 1. The van der Waals surface area contributed by atoms with Crippen LogP contribution in [0.15, 0.2) is 18.2 Å². The summed E-state index contributed by atoms with van der Waals surface area (Å²) in [6.07, 6.45) is 0.505. The standard InChI is InChI=1S/C13H13Cl2NO4/c14-13(15)6-9(13)12(17)16-3-4-18-8-1-2-10-11(5-8)20-7-19-10/h1-2,5,9H,3-4,6-7H2,(H,16,17). The van der Waals surface area contributed by atoms with Crippen molar-refractivity contribution in [2.24, 2.45) is 5.92 Å². The maximum absolute atomic E-state index is 11.6. The van der Waals surface area contributed by atoms with Gasteiger partial charge in [0, 0.05) is 6.07 Å². The molecule has 7 heteroatoms. The normalized spacial score (nSPS) is 21.4. The number of benzene rings is 1. The summed E-state index contributed by atoms with van der Waals surface area (Å²) in [5.74, 6) is 1.60. The molecule has 108 valence electrons. The van der Waals surface area contributed by atoms with Crippen LogP contribution >= 0.6 is 23.2 Å². The monoisotopic (exact) mass is 317 g/mol. The average molecular weight is 318 g/mol. The molecule has 1 atom stereocenters. The molecule has 0 saturated heterocycles. The number of nitrogens with one attached hydrogen (secondary N) is 1. The fourth-order valence-corrected chi connectivity index (χ4v) is 2.44. The molecule has 1 saturated carbocycles. The minimum absolute atomic E-state index is 0.135. The maximum Gasteiger partial charge on any atom is 0.231 e. The zero-order valence-corrected chi connectivity index (χ0v) is 12.0. The van der Waals surface area contributed by atoms with Crippen LogP contribution in [0, 0.1) is 5.92 Å². The van der Waals surface area contributed by atoms with E-state index < -0.39 is 4.33 Å². The minimum atomic E-state index is -0.887. The molecule has 2 aliphatic rings. The smallest absolute Gasteiger partial charge is 0.231 e. The summed E-state index contributed by atoms with van der Waals surface area (Å²) >= 11 is 11.6. The Morgan fingerprint density at radius 2 is 2.15 bits per heavy atom. The quantitative estimate of drug-likeness (QED) is 0.667. The van der Waals surface area contributed by atoms with E-state index in [9.17, 15) is 4.79 Å². The number of hydrogen-bond donors (Lipinski definition) is 1. The Kier molecular flexibility index (Phi) is 3.56. The lowest BCUT2D eigenvalue weighted by atomic mass is 10.3. The van der Waals surface area contributed by atoms with Gasteiger partial charge in [0.1, 0.15) is 16.7 Å². The molecule has 1 aromatic carbocycles. The highest BCUT2D eigenvalue weighted by Crippen LogP contribution is 2.53. The van der Waals surface area contributed by atoms with Gasteiger partial charge in [-0.2, -0.15) is 0 Å². The first-order valence-corrected chi connectivity index (χ1v) is 7.00. The summed E-state index contributed by atoms with van der Waals surface area (Å²) in [5.41, 5.74) is 0. The Morgan fingerprint density at radius 1 is 1.40 bits per heavy atom. The van der Waals surface area contributed by atoms with Gasteiger partial charge in [0.2, 0.25) is 12.7 Å². The van der Waals surface area contributed by atoms with Gasteiger partial charge in [0.25, 0.3) is 0 Å². The lowest BCUT2D eigenvalue weighted by Crippen LogP contribution is -2.30. The third-order valence-electron chi connectivity index (χ3n) is 3.16. The second-order valence-corrected chi connectivity index (χ2v) is 6.21. The van der Waals surface area contributed by atoms with E-state index in [-0.39, 0.29) is 18.6 Å². The number of carbonyl (C=O) groups excluding carboxylic acids is 1. The first kappa shape index (κ1) is 13.6. The van der Waals surface area contributed by atoms with Crippen molar-refractivity contribution < 1.29 is 19.0 Å². The van der Waals surface area contributed by atoms with Gasteiger partial charge < -0.3 is 19.5 Å². The molecule has 0 spiro atoms. The topological polar surface area (TPSA) is 56.8 Å². The summed E-state index contributed by atoms with van der Waals surface area (Å²) in [5, 5.41) is 2.73. The Balaban J connectivity index is 1.41.